The first-order valence-corrected chi connectivity index (χ1v) is 9.38. The molecule has 4 rings (SSSR count). The molecule has 8 nitrogen and oxygen atoms in total. The molecule has 0 spiro atoms. The summed E-state index contributed by atoms with van der Waals surface area (Å²) in [7, 11) is 0. The van der Waals surface area contributed by atoms with E-state index < -0.39 is 11.2 Å². The van der Waals surface area contributed by atoms with Crippen LogP contribution in [0.15, 0.2) is 62.7 Å². The van der Waals surface area contributed by atoms with Crippen molar-refractivity contribution in [3.8, 4) is 0 Å². The van der Waals surface area contributed by atoms with Gasteiger partial charge in [0.25, 0.3) is 5.56 Å². The molecule has 2 aromatic heterocycles. The van der Waals surface area contributed by atoms with Gasteiger partial charge in [-0.25, -0.2) is 9.48 Å². The van der Waals surface area contributed by atoms with Crippen LogP contribution in [0.2, 0.25) is 5.02 Å². The van der Waals surface area contributed by atoms with Gasteiger partial charge < -0.3 is 5.21 Å². The van der Waals surface area contributed by atoms with Crippen molar-refractivity contribution in [2.24, 2.45) is 0 Å². The zero-order valence-electron chi connectivity index (χ0n) is 14.3. The first-order chi connectivity index (χ1) is 13.4. The summed E-state index contributed by atoms with van der Waals surface area (Å²) in [5, 5.41) is 18.9. The van der Waals surface area contributed by atoms with Crippen molar-refractivity contribution >= 4 is 38.4 Å². The van der Waals surface area contributed by atoms with Gasteiger partial charge in [-0.2, -0.15) is 0 Å². The Balaban J connectivity index is 1.72. The molecular weight excluding hydrogens is 450 g/mol. The minimum Gasteiger partial charge on any atom is -0.421 e. The van der Waals surface area contributed by atoms with Crippen LogP contribution in [-0.2, 0) is 13.1 Å². The van der Waals surface area contributed by atoms with Gasteiger partial charge in [0.05, 0.1) is 30.2 Å². The average Bonchev–Trinajstić information content (AvgIpc) is 3.12. The van der Waals surface area contributed by atoms with Crippen molar-refractivity contribution in [2.75, 3.05) is 0 Å². The molecular formula is C18H13BrClN5O3. The highest BCUT2D eigenvalue weighted by atomic mass is 79.9. The highest BCUT2D eigenvalue weighted by Crippen LogP contribution is 2.17. The third-order valence-electron chi connectivity index (χ3n) is 4.28. The summed E-state index contributed by atoms with van der Waals surface area (Å²) < 4.78 is 3.64. The van der Waals surface area contributed by atoms with Crippen molar-refractivity contribution in [3.63, 3.8) is 0 Å². The van der Waals surface area contributed by atoms with Crippen LogP contribution < -0.4 is 11.2 Å². The van der Waals surface area contributed by atoms with Crippen molar-refractivity contribution in [1.82, 2.24) is 24.3 Å². The molecule has 0 bridgehead atoms. The Morgan fingerprint density at radius 2 is 1.89 bits per heavy atom. The van der Waals surface area contributed by atoms with E-state index in [0.717, 1.165) is 5.56 Å². The fraction of sp³-hybridized carbons (Fsp3) is 0.111. The minimum atomic E-state index is -0.847. The Bertz CT molecular complexity index is 1310. The highest BCUT2D eigenvalue weighted by molar-refractivity contribution is 9.10. The minimum absolute atomic E-state index is 0.0420. The molecule has 2 heterocycles. The lowest BCUT2D eigenvalue weighted by atomic mass is 10.2. The van der Waals surface area contributed by atoms with Gasteiger partial charge in [0.15, 0.2) is 0 Å². The van der Waals surface area contributed by atoms with Gasteiger partial charge in [-0.05, 0) is 29.8 Å². The predicted octanol–water partition coefficient (Wildman–Crippen LogP) is 2.50. The molecule has 1 N–H and O–H groups in total. The predicted molar refractivity (Wildman–Crippen MR) is 107 cm³/mol. The van der Waals surface area contributed by atoms with E-state index in [1.54, 1.807) is 35.1 Å². The summed E-state index contributed by atoms with van der Waals surface area (Å²) >= 11 is 9.46. The molecule has 0 aliphatic rings. The van der Waals surface area contributed by atoms with Gasteiger partial charge in [-0.3, -0.25) is 9.36 Å². The van der Waals surface area contributed by atoms with Gasteiger partial charge in [-0.15, -0.1) is 5.10 Å². The van der Waals surface area contributed by atoms with E-state index in [2.05, 4.69) is 26.2 Å². The smallest absolute Gasteiger partial charge is 0.365 e. The van der Waals surface area contributed by atoms with Crippen LogP contribution in [0.1, 0.15) is 11.3 Å². The Labute approximate surface area is 171 Å². The first kappa shape index (κ1) is 18.5. The molecule has 0 aliphatic heterocycles. The van der Waals surface area contributed by atoms with Crippen LogP contribution >= 0.6 is 27.5 Å². The SMILES string of the molecule is O=c1c2cc(Br)ccc2n(Cc2cn(Cc3ccccc3Cl)nn2)c(=O)n1O. The van der Waals surface area contributed by atoms with E-state index in [1.165, 1.54) is 4.57 Å². The molecule has 142 valence electrons. The maximum absolute atomic E-state index is 12.4. The van der Waals surface area contributed by atoms with Crippen LogP contribution in [0.3, 0.4) is 0 Å². The molecule has 0 saturated carbocycles. The number of aromatic nitrogens is 5. The second kappa shape index (κ2) is 7.25. The molecule has 0 radical (unpaired) electrons. The molecule has 2 aromatic carbocycles. The fourth-order valence-electron chi connectivity index (χ4n) is 2.94. The summed E-state index contributed by atoms with van der Waals surface area (Å²) in [6.45, 7) is 0.467. The molecule has 0 unspecified atom stereocenters. The number of fused-ring (bicyclic) bond motifs is 1. The fourth-order valence-corrected chi connectivity index (χ4v) is 3.49. The molecule has 10 heteroatoms. The van der Waals surface area contributed by atoms with Crippen LogP contribution in [0.5, 0.6) is 0 Å². The molecule has 0 saturated heterocycles. The third kappa shape index (κ3) is 3.34. The Morgan fingerprint density at radius 1 is 1.11 bits per heavy atom. The largest absolute Gasteiger partial charge is 0.421 e. The van der Waals surface area contributed by atoms with Crippen molar-refractivity contribution in [3.05, 3.63) is 90.3 Å². The lowest BCUT2D eigenvalue weighted by molar-refractivity contribution is 0.158. The molecule has 0 aliphatic carbocycles. The van der Waals surface area contributed by atoms with Crippen LogP contribution in [0.25, 0.3) is 10.9 Å². The van der Waals surface area contributed by atoms with Crippen molar-refractivity contribution in [2.45, 2.75) is 13.1 Å². The van der Waals surface area contributed by atoms with Crippen LogP contribution in [-0.4, -0.2) is 29.5 Å². The number of halogens is 2. The maximum atomic E-state index is 12.4. The van der Waals surface area contributed by atoms with Gasteiger partial charge in [0.2, 0.25) is 0 Å². The Hall–Kier alpha value is -2.91. The van der Waals surface area contributed by atoms with Crippen LogP contribution in [0, 0.1) is 0 Å². The monoisotopic (exact) mass is 461 g/mol. The van der Waals surface area contributed by atoms with Gasteiger partial charge in [0.1, 0.15) is 5.69 Å². The first-order valence-electron chi connectivity index (χ1n) is 8.21. The standard InChI is InChI=1S/C18H13BrClN5O3/c19-12-5-6-16-14(7-12)17(26)25(28)18(27)24(16)10-13-9-23(22-21-13)8-11-3-1-2-4-15(11)20/h1-7,9,28H,8,10H2. The molecule has 0 atom stereocenters. The Kier molecular flexibility index (Phi) is 4.78. The summed E-state index contributed by atoms with van der Waals surface area (Å²) in [6, 6.07) is 12.3. The van der Waals surface area contributed by atoms with E-state index in [0.29, 0.717) is 27.3 Å². The summed E-state index contributed by atoms with van der Waals surface area (Å²) in [4.78, 5) is 24.6. The van der Waals surface area contributed by atoms with Crippen molar-refractivity contribution in [1.29, 1.82) is 0 Å². The van der Waals surface area contributed by atoms with Gasteiger partial charge in [0, 0.05) is 9.50 Å². The van der Waals surface area contributed by atoms with E-state index in [9.17, 15) is 14.8 Å². The summed E-state index contributed by atoms with van der Waals surface area (Å²) in [5.41, 5.74) is 0.151. The molecule has 28 heavy (non-hydrogen) atoms. The normalized spacial score (nSPS) is 11.2. The lowest BCUT2D eigenvalue weighted by Gasteiger charge is -2.10. The van der Waals surface area contributed by atoms with Gasteiger partial charge >= 0.3 is 5.69 Å². The second-order valence-corrected chi connectivity index (χ2v) is 7.47. The molecule has 0 fully saturated rings. The third-order valence-corrected chi connectivity index (χ3v) is 5.14. The highest BCUT2D eigenvalue weighted by Gasteiger charge is 2.14. The van der Waals surface area contributed by atoms with Crippen LogP contribution in [0.4, 0.5) is 0 Å². The van der Waals surface area contributed by atoms with Gasteiger partial charge in [-0.1, -0.05) is 55.7 Å². The Morgan fingerprint density at radius 3 is 2.68 bits per heavy atom. The molecule has 0 amide bonds. The second-order valence-electron chi connectivity index (χ2n) is 6.15. The number of benzene rings is 2. The quantitative estimate of drug-likeness (QED) is 0.470. The number of hydrogen-bond acceptors (Lipinski definition) is 5. The lowest BCUT2D eigenvalue weighted by Crippen LogP contribution is -2.39. The zero-order chi connectivity index (χ0) is 19.8. The summed E-state index contributed by atoms with van der Waals surface area (Å²) in [6.07, 6.45) is 1.69. The van der Waals surface area contributed by atoms with E-state index in [4.69, 9.17) is 11.6 Å². The topological polar surface area (TPSA) is 94.9 Å². The number of rotatable bonds is 4. The average molecular weight is 463 g/mol. The number of nitrogens with zero attached hydrogens (tertiary/aromatic N) is 5. The van der Waals surface area contributed by atoms with E-state index in [-0.39, 0.29) is 16.7 Å². The summed E-state index contributed by atoms with van der Waals surface area (Å²) in [5.74, 6) is 0. The van der Waals surface area contributed by atoms with E-state index >= 15 is 0 Å². The molecule has 4 aromatic rings. The zero-order valence-corrected chi connectivity index (χ0v) is 16.6. The van der Waals surface area contributed by atoms with Crippen molar-refractivity contribution < 1.29 is 5.21 Å². The van der Waals surface area contributed by atoms with E-state index in [1.807, 2.05) is 18.2 Å². The maximum Gasteiger partial charge on any atom is 0.365 e. The number of hydrogen-bond donors (Lipinski definition) is 1.